The van der Waals surface area contributed by atoms with Gasteiger partial charge in [0.1, 0.15) is 17.2 Å². The first-order valence-electron chi connectivity index (χ1n) is 10.0. The van der Waals surface area contributed by atoms with E-state index in [4.69, 9.17) is 15.6 Å². The van der Waals surface area contributed by atoms with Crippen LogP contribution in [-0.4, -0.2) is 37.9 Å². The van der Waals surface area contributed by atoms with Crippen LogP contribution in [0.4, 0.5) is 26.5 Å². The third kappa shape index (κ3) is 3.43. The second-order valence-electron chi connectivity index (χ2n) is 5.97. The second-order valence-corrected chi connectivity index (χ2v) is 5.97. The first kappa shape index (κ1) is 15.6. The van der Waals surface area contributed by atoms with E-state index in [0.29, 0.717) is 10.7 Å². The van der Waals surface area contributed by atoms with Crippen LogP contribution in [0, 0.1) is 5.82 Å². The number of halogens is 1. The summed E-state index contributed by atoms with van der Waals surface area (Å²) in [7, 11) is 1.08. The second kappa shape index (κ2) is 7.62. The first-order chi connectivity index (χ1) is 15.7. The molecule has 5 N–H and O–H groups in total. The van der Waals surface area contributed by atoms with Gasteiger partial charge in [0.05, 0.1) is 21.7 Å². The number of nitrogens with zero attached hydrogens (tertiary/aromatic N) is 5. The number of nitrogen functional groups attached to an aromatic ring is 2. The summed E-state index contributed by atoms with van der Waals surface area (Å²) in [6.45, 7) is -2.42. The topological polar surface area (TPSA) is 147 Å². The van der Waals surface area contributed by atoms with E-state index in [0.717, 1.165) is 17.9 Å². The standard InChI is InChI=1S/C19H17FN8O2/c1-30-19(29)24-14-15(21)25-17(26-16(14)22)13-11-6-4-8-23-18(11)28(27-13)9-10-5-2-3-7-12(10)20/h2-8H,9H2,1H3,(H,24,29)(H4,21,22,25,26)/i9D2/hD. The lowest BCUT2D eigenvalue weighted by Gasteiger charge is -2.10. The number of fused-ring (bicyclic) bond motifs is 1. The molecule has 11 heteroatoms. The van der Waals surface area contributed by atoms with Crippen molar-refractivity contribution in [2.24, 2.45) is 0 Å². The Morgan fingerprint density at radius 2 is 2.00 bits per heavy atom. The van der Waals surface area contributed by atoms with E-state index in [1.54, 1.807) is 12.1 Å². The molecule has 0 saturated carbocycles. The van der Waals surface area contributed by atoms with Gasteiger partial charge in [0.2, 0.25) is 0 Å². The molecule has 0 unspecified atom stereocenters. The van der Waals surface area contributed by atoms with Crippen molar-refractivity contribution in [2.45, 2.75) is 6.50 Å². The summed E-state index contributed by atoms with van der Waals surface area (Å²) < 4.78 is 44.7. The average molecular weight is 411 g/mol. The Kier molecular flexibility index (Phi) is 3.97. The van der Waals surface area contributed by atoms with E-state index in [1.165, 1.54) is 24.4 Å². The molecule has 3 heterocycles. The minimum Gasteiger partial charge on any atom is -0.453 e. The number of nitrogens with two attached hydrogens (primary N) is 2. The van der Waals surface area contributed by atoms with E-state index in [9.17, 15) is 9.18 Å². The Morgan fingerprint density at radius 1 is 1.27 bits per heavy atom. The van der Waals surface area contributed by atoms with Crippen molar-refractivity contribution in [1.82, 2.24) is 24.7 Å². The van der Waals surface area contributed by atoms with E-state index in [-0.39, 0.29) is 40.1 Å². The lowest BCUT2D eigenvalue weighted by molar-refractivity contribution is 0.187. The molecule has 1 aromatic carbocycles. The van der Waals surface area contributed by atoms with Crippen LogP contribution < -0.4 is 16.8 Å². The van der Waals surface area contributed by atoms with Crippen LogP contribution in [0.3, 0.4) is 0 Å². The molecule has 1 amide bonds. The summed E-state index contributed by atoms with van der Waals surface area (Å²) in [5, 5.41) is 4.94. The van der Waals surface area contributed by atoms with Gasteiger partial charge in [0.15, 0.2) is 24.5 Å². The van der Waals surface area contributed by atoms with Gasteiger partial charge in [-0.3, -0.25) is 5.31 Å². The van der Waals surface area contributed by atoms with E-state index >= 15 is 0 Å². The summed E-state index contributed by atoms with van der Waals surface area (Å²) in [4.78, 5) is 24.1. The van der Waals surface area contributed by atoms with Crippen molar-refractivity contribution < 1.29 is 18.1 Å². The summed E-state index contributed by atoms with van der Waals surface area (Å²) in [6, 6.07) is 8.61. The zero-order valence-corrected chi connectivity index (χ0v) is 15.6. The highest BCUT2D eigenvalue weighted by Gasteiger charge is 2.20. The first-order valence-corrected chi connectivity index (χ1v) is 8.56. The molecular weight excluding hydrogens is 391 g/mol. The molecule has 0 radical (unpaired) electrons. The van der Waals surface area contributed by atoms with E-state index in [1.807, 2.05) is 0 Å². The number of rotatable bonds is 4. The molecule has 3 aromatic heterocycles. The van der Waals surface area contributed by atoms with Crippen molar-refractivity contribution in [2.75, 3.05) is 23.9 Å². The molecular formula is C19H17FN8O2. The maximum Gasteiger partial charge on any atom is 0.411 e. The zero-order valence-electron chi connectivity index (χ0n) is 18.6. The van der Waals surface area contributed by atoms with Crippen molar-refractivity contribution in [3.63, 3.8) is 0 Å². The van der Waals surface area contributed by atoms with Crippen LogP contribution in [0.15, 0.2) is 42.6 Å². The Hall–Kier alpha value is -4.28. The molecule has 0 aliphatic heterocycles. The molecule has 0 saturated heterocycles. The number of carbonyl (C=O) groups excluding carboxylic acids is 1. The van der Waals surface area contributed by atoms with Crippen molar-refractivity contribution in [3.8, 4) is 11.5 Å². The Labute approximate surface area is 174 Å². The van der Waals surface area contributed by atoms with Crippen LogP contribution in [0.5, 0.6) is 0 Å². The van der Waals surface area contributed by atoms with Gasteiger partial charge in [-0.25, -0.2) is 28.8 Å². The number of nitrogens with one attached hydrogen (secondary N) is 1. The van der Waals surface area contributed by atoms with Crippen molar-refractivity contribution in [3.05, 3.63) is 54.0 Å². The maximum atomic E-state index is 14.4. The van der Waals surface area contributed by atoms with Gasteiger partial charge in [-0.1, -0.05) is 18.2 Å². The fourth-order valence-corrected chi connectivity index (χ4v) is 2.71. The highest BCUT2D eigenvalue weighted by atomic mass is 19.1. The van der Waals surface area contributed by atoms with Crippen LogP contribution in [-0.2, 0) is 11.2 Å². The van der Waals surface area contributed by atoms with Gasteiger partial charge in [0.25, 0.3) is 0 Å². The molecule has 10 nitrogen and oxygen atoms in total. The molecule has 30 heavy (non-hydrogen) atoms. The number of anilines is 3. The van der Waals surface area contributed by atoms with Gasteiger partial charge >= 0.3 is 6.09 Å². The van der Waals surface area contributed by atoms with Gasteiger partial charge in [-0.15, -0.1) is 0 Å². The minimum absolute atomic E-state index is 0.0675. The molecule has 4 aromatic rings. The third-order valence-corrected chi connectivity index (χ3v) is 4.07. The lowest BCUT2D eigenvalue weighted by Crippen LogP contribution is -2.16. The van der Waals surface area contributed by atoms with Gasteiger partial charge < -0.3 is 16.2 Å². The van der Waals surface area contributed by atoms with Gasteiger partial charge in [-0.2, -0.15) is 5.10 Å². The highest BCUT2D eigenvalue weighted by Crippen LogP contribution is 2.30. The number of aromatic nitrogens is 5. The number of pyridine rings is 1. The quantitative estimate of drug-likeness (QED) is 0.464. The summed E-state index contributed by atoms with van der Waals surface area (Å²) in [5.74, 6) is -1.47. The van der Waals surface area contributed by atoms with Crippen molar-refractivity contribution >= 4 is 34.4 Å². The number of hydrogen-bond acceptors (Lipinski definition) is 8. The number of methoxy groups -OCH3 is 1. The highest BCUT2D eigenvalue weighted by molar-refractivity contribution is 5.94. The summed E-state index contributed by atoms with van der Waals surface area (Å²) >= 11 is 0. The van der Waals surface area contributed by atoms with Gasteiger partial charge in [0, 0.05) is 11.8 Å². The molecule has 0 aliphatic rings. The maximum absolute atomic E-state index is 14.4. The molecule has 4 rings (SSSR count). The van der Waals surface area contributed by atoms with Crippen LogP contribution in [0.1, 0.15) is 8.30 Å². The smallest absolute Gasteiger partial charge is 0.411 e. The Bertz CT molecular complexity index is 1360. The lowest BCUT2D eigenvalue weighted by atomic mass is 10.2. The molecule has 152 valence electrons. The van der Waals surface area contributed by atoms with Gasteiger partial charge in [-0.05, 0) is 18.2 Å². The molecule has 0 bridgehead atoms. The fourth-order valence-electron chi connectivity index (χ4n) is 2.71. The minimum atomic E-state index is -2.42. The zero-order chi connectivity index (χ0) is 23.9. The van der Waals surface area contributed by atoms with E-state index in [2.05, 4.69) is 24.8 Å². The van der Waals surface area contributed by atoms with Crippen LogP contribution in [0.2, 0.25) is 1.41 Å². The van der Waals surface area contributed by atoms with E-state index < -0.39 is 18.4 Å². The monoisotopic (exact) mass is 411 g/mol. The van der Waals surface area contributed by atoms with Crippen molar-refractivity contribution in [1.29, 1.82) is 0 Å². The summed E-state index contributed by atoms with van der Waals surface area (Å²) in [5.41, 5.74) is 11.5. The number of amides is 1. The predicted molar refractivity (Wildman–Crippen MR) is 109 cm³/mol. The average Bonchev–Trinajstić information content (AvgIpc) is 3.18. The number of carbonyl (C=O) groups is 1. The van der Waals surface area contributed by atoms with Crippen LogP contribution >= 0.6 is 0 Å². The molecule has 0 atom stereocenters. The molecule has 0 aliphatic carbocycles. The molecule has 0 fully saturated rings. The fraction of sp³-hybridized carbons (Fsp3) is 0.105. The SMILES string of the molecule is [2H]N(C(=O)OC)c1c(N)nc(-c2nn(C([2H])([2H])c3ccccc3F)c3ncccc23)nc1N. The summed E-state index contributed by atoms with van der Waals surface area (Å²) in [6.07, 6.45) is 0.379. The number of hydrogen-bond donors (Lipinski definition) is 3. The predicted octanol–water partition coefficient (Wildman–Crippen LogP) is 2.42. The number of ether oxygens (including phenoxy) is 1. The Balaban J connectivity index is 1.91. The normalized spacial score (nSPS) is 12.8. The largest absolute Gasteiger partial charge is 0.453 e. The number of benzene rings is 1. The molecule has 0 spiro atoms. The third-order valence-electron chi connectivity index (χ3n) is 4.07. The Morgan fingerprint density at radius 3 is 2.70 bits per heavy atom. The van der Waals surface area contributed by atoms with Crippen LogP contribution in [0.25, 0.3) is 22.6 Å².